The van der Waals surface area contributed by atoms with Crippen LogP contribution in [-0.4, -0.2) is 0 Å². The molecule has 0 saturated heterocycles. The molecule has 2 aromatic rings. The Morgan fingerprint density at radius 1 is 1.44 bits per heavy atom. The Bertz CT molecular complexity index is 581. The number of anilines is 1. The number of rotatable bonds is 1. The van der Waals surface area contributed by atoms with Gasteiger partial charge in [-0.2, -0.15) is 5.26 Å². The second-order valence-corrected chi connectivity index (χ2v) is 4.87. The van der Waals surface area contributed by atoms with Gasteiger partial charge in [-0.05, 0) is 18.6 Å². The summed E-state index contributed by atoms with van der Waals surface area (Å²) in [7, 11) is 0. The third-order valence-corrected chi connectivity index (χ3v) is 3.91. The molecule has 0 aliphatic heterocycles. The van der Waals surface area contributed by atoms with Gasteiger partial charge in [-0.1, -0.05) is 29.8 Å². The monoisotopic (exact) mass is 248 g/mol. The van der Waals surface area contributed by atoms with Gasteiger partial charge >= 0.3 is 0 Å². The van der Waals surface area contributed by atoms with E-state index in [1.165, 1.54) is 11.3 Å². The first-order chi connectivity index (χ1) is 7.63. The highest BCUT2D eigenvalue weighted by molar-refractivity contribution is 7.16. The zero-order valence-electron chi connectivity index (χ0n) is 8.62. The van der Waals surface area contributed by atoms with Crippen molar-refractivity contribution >= 4 is 28.6 Å². The molecule has 0 unspecified atom stereocenters. The number of aryl methyl sites for hydroxylation is 1. The molecule has 2 nitrogen and oxygen atoms in total. The predicted octanol–water partition coefficient (Wildman–Crippen LogP) is 3.83. The lowest BCUT2D eigenvalue weighted by Crippen LogP contribution is -1.82. The summed E-state index contributed by atoms with van der Waals surface area (Å²) in [5, 5.41) is 9.57. The first kappa shape index (κ1) is 11.0. The molecule has 1 aromatic heterocycles. The number of nitrogens with two attached hydrogens (primary N) is 1. The number of nitriles is 1. The first-order valence-corrected chi connectivity index (χ1v) is 5.88. The lowest BCUT2D eigenvalue weighted by atomic mass is 10.1. The highest BCUT2D eigenvalue weighted by Gasteiger charge is 2.11. The molecule has 2 rings (SSSR count). The average molecular weight is 249 g/mol. The van der Waals surface area contributed by atoms with Crippen molar-refractivity contribution in [2.45, 2.75) is 6.92 Å². The van der Waals surface area contributed by atoms with Crippen LogP contribution in [-0.2, 0) is 0 Å². The molecule has 0 bridgehead atoms. The van der Waals surface area contributed by atoms with Gasteiger partial charge in [0.1, 0.15) is 10.9 Å². The molecule has 0 aliphatic rings. The van der Waals surface area contributed by atoms with Crippen LogP contribution in [0.3, 0.4) is 0 Å². The Balaban J connectivity index is 2.60. The number of thiophene rings is 1. The molecule has 80 valence electrons. The molecule has 0 aliphatic carbocycles. The Morgan fingerprint density at radius 2 is 2.19 bits per heavy atom. The molecule has 1 heterocycles. The molecule has 0 radical (unpaired) electrons. The van der Waals surface area contributed by atoms with Gasteiger partial charge in [0.25, 0.3) is 0 Å². The molecule has 0 saturated carbocycles. The van der Waals surface area contributed by atoms with Gasteiger partial charge in [-0.25, -0.2) is 0 Å². The van der Waals surface area contributed by atoms with Gasteiger partial charge in [0.15, 0.2) is 0 Å². The third kappa shape index (κ3) is 1.78. The lowest BCUT2D eigenvalue weighted by Gasteiger charge is -2.03. The number of hydrogen-bond donors (Lipinski definition) is 1. The number of hydrogen-bond acceptors (Lipinski definition) is 3. The summed E-state index contributed by atoms with van der Waals surface area (Å²) < 4.78 is 0. The van der Waals surface area contributed by atoms with E-state index in [9.17, 15) is 0 Å². The van der Waals surface area contributed by atoms with E-state index >= 15 is 0 Å². The van der Waals surface area contributed by atoms with Crippen molar-refractivity contribution in [3.05, 3.63) is 39.7 Å². The van der Waals surface area contributed by atoms with Crippen molar-refractivity contribution in [1.82, 2.24) is 0 Å². The fraction of sp³-hybridized carbons (Fsp3) is 0.0833. The molecular weight excluding hydrogens is 240 g/mol. The molecule has 16 heavy (non-hydrogen) atoms. The zero-order valence-corrected chi connectivity index (χ0v) is 10.2. The largest absolute Gasteiger partial charge is 0.397 e. The summed E-state index contributed by atoms with van der Waals surface area (Å²) in [4.78, 5) is 1.47. The summed E-state index contributed by atoms with van der Waals surface area (Å²) >= 11 is 7.58. The minimum Gasteiger partial charge on any atom is -0.397 e. The van der Waals surface area contributed by atoms with Gasteiger partial charge in [0.05, 0.1) is 10.7 Å². The smallest absolute Gasteiger partial charge is 0.128 e. The Kier molecular flexibility index (Phi) is 2.86. The summed E-state index contributed by atoms with van der Waals surface area (Å²) in [6.45, 7) is 1.95. The summed E-state index contributed by atoms with van der Waals surface area (Å²) in [5.41, 5.74) is 8.18. The van der Waals surface area contributed by atoms with Gasteiger partial charge < -0.3 is 5.73 Å². The fourth-order valence-corrected chi connectivity index (χ4v) is 2.66. The van der Waals surface area contributed by atoms with E-state index in [-0.39, 0.29) is 0 Å². The normalized spacial score (nSPS) is 10.1. The Morgan fingerprint density at radius 3 is 2.81 bits per heavy atom. The van der Waals surface area contributed by atoms with Crippen molar-refractivity contribution in [1.29, 1.82) is 5.26 Å². The number of nitrogens with zero attached hydrogens (tertiary/aromatic N) is 1. The minimum absolute atomic E-state index is 0.514. The fourth-order valence-electron chi connectivity index (χ4n) is 1.46. The van der Waals surface area contributed by atoms with Crippen LogP contribution in [0.2, 0.25) is 5.02 Å². The van der Waals surface area contributed by atoms with Gasteiger partial charge in [0, 0.05) is 10.4 Å². The van der Waals surface area contributed by atoms with Crippen LogP contribution in [0, 0.1) is 18.3 Å². The summed E-state index contributed by atoms with van der Waals surface area (Å²) in [6, 6.07) is 9.69. The molecule has 0 atom stereocenters. The van der Waals surface area contributed by atoms with Crippen molar-refractivity contribution in [2.24, 2.45) is 0 Å². The van der Waals surface area contributed by atoms with Crippen LogP contribution >= 0.6 is 22.9 Å². The highest BCUT2D eigenvalue weighted by Crippen LogP contribution is 2.37. The highest BCUT2D eigenvalue weighted by atomic mass is 35.5. The maximum atomic E-state index is 8.85. The topological polar surface area (TPSA) is 49.8 Å². The van der Waals surface area contributed by atoms with E-state index in [2.05, 4.69) is 6.07 Å². The lowest BCUT2D eigenvalue weighted by molar-refractivity contribution is 1.47. The number of nitrogen functional groups attached to an aromatic ring is 1. The van der Waals surface area contributed by atoms with E-state index < -0.39 is 0 Å². The Hall–Kier alpha value is -1.50. The molecule has 0 fully saturated rings. The molecule has 2 N–H and O–H groups in total. The van der Waals surface area contributed by atoms with Crippen molar-refractivity contribution in [3.63, 3.8) is 0 Å². The maximum absolute atomic E-state index is 8.85. The summed E-state index contributed by atoms with van der Waals surface area (Å²) in [6.07, 6.45) is 0. The molecule has 1 aromatic carbocycles. The average Bonchev–Trinajstić information content (AvgIpc) is 2.63. The summed E-state index contributed by atoms with van der Waals surface area (Å²) in [5.74, 6) is 0. The Labute approximate surface area is 103 Å². The van der Waals surface area contributed by atoms with Crippen LogP contribution in [0.25, 0.3) is 10.4 Å². The third-order valence-electron chi connectivity index (χ3n) is 2.32. The van der Waals surface area contributed by atoms with Gasteiger partial charge in [0.2, 0.25) is 0 Å². The van der Waals surface area contributed by atoms with E-state index in [1.54, 1.807) is 6.07 Å². The van der Waals surface area contributed by atoms with Crippen LogP contribution in [0.5, 0.6) is 0 Å². The second-order valence-electron chi connectivity index (χ2n) is 3.44. The van der Waals surface area contributed by atoms with Gasteiger partial charge in [-0.3, -0.25) is 0 Å². The maximum Gasteiger partial charge on any atom is 0.128 e. The first-order valence-electron chi connectivity index (χ1n) is 4.68. The van der Waals surface area contributed by atoms with Crippen LogP contribution in [0.15, 0.2) is 24.3 Å². The van der Waals surface area contributed by atoms with Crippen LogP contribution in [0.4, 0.5) is 5.69 Å². The number of halogens is 1. The predicted molar refractivity (Wildman–Crippen MR) is 68.6 cm³/mol. The quantitative estimate of drug-likeness (QED) is 0.834. The number of benzene rings is 1. The van der Waals surface area contributed by atoms with Gasteiger partial charge in [-0.15, -0.1) is 11.3 Å². The zero-order chi connectivity index (χ0) is 11.7. The van der Waals surface area contributed by atoms with Crippen LogP contribution in [0.1, 0.15) is 10.4 Å². The van der Waals surface area contributed by atoms with Crippen molar-refractivity contribution in [3.8, 4) is 16.5 Å². The van der Waals surface area contributed by atoms with E-state index in [0.29, 0.717) is 15.6 Å². The van der Waals surface area contributed by atoms with Crippen molar-refractivity contribution < 1.29 is 0 Å². The minimum atomic E-state index is 0.514. The van der Waals surface area contributed by atoms with Crippen LogP contribution < -0.4 is 5.73 Å². The van der Waals surface area contributed by atoms with E-state index in [0.717, 1.165) is 16.0 Å². The SMILES string of the molecule is Cc1cccc(-c2cc(N)c(C#N)s2)c1Cl. The molecule has 0 amide bonds. The van der Waals surface area contributed by atoms with E-state index in [1.807, 2.05) is 25.1 Å². The molecule has 0 spiro atoms. The second kappa shape index (κ2) is 4.17. The van der Waals surface area contributed by atoms with E-state index in [4.69, 9.17) is 22.6 Å². The molecular formula is C12H9ClN2S. The standard InChI is InChI=1S/C12H9ClN2S/c1-7-3-2-4-8(12(7)13)10-5-9(15)11(6-14)16-10/h2-5H,15H2,1H3. The van der Waals surface area contributed by atoms with Crippen molar-refractivity contribution in [2.75, 3.05) is 5.73 Å². The molecule has 4 heteroatoms.